The molecule has 2 aromatic carbocycles. The fourth-order valence-corrected chi connectivity index (χ4v) is 4.60. The second-order valence-corrected chi connectivity index (χ2v) is 8.41. The molecule has 6 heteroatoms. The van der Waals surface area contributed by atoms with Crippen molar-refractivity contribution in [1.29, 1.82) is 0 Å². The SMILES string of the molecule is S=C1N[C@@H](c2ccccn2)[C@H](c2cccn2-c2ccc(Br)cc2)N1c1ccccc1. The summed E-state index contributed by atoms with van der Waals surface area (Å²) in [7, 11) is 0. The number of hydrogen-bond acceptors (Lipinski definition) is 2. The molecule has 2 aromatic heterocycles. The lowest BCUT2D eigenvalue weighted by molar-refractivity contribution is 0.549. The fourth-order valence-electron chi connectivity index (χ4n) is 3.99. The van der Waals surface area contributed by atoms with Crippen LogP contribution in [0.2, 0.25) is 0 Å². The first kappa shape index (κ1) is 19.0. The van der Waals surface area contributed by atoms with E-state index in [1.807, 2.05) is 36.5 Å². The van der Waals surface area contributed by atoms with Crippen LogP contribution in [0.3, 0.4) is 0 Å². The van der Waals surface area contributed by atoms with Gasteiger partial charge in [-0.15, -0.1) is 0 Å². The Bertz CT molecular complexity index is 1160. The molecule has 1 saturated heterocycles. The molecule has 0 amide bonds. The van der Waals surface area contributed by atoms with Crippen LogP contribution in [-0.4, -0.2) is 14.7 Å². The quantitative estimate of drug-likeness (QED) is 0.378. The molecule has 4 nitrogen and oxygen atoms in total. The van der Waals surface area contributed by atoms with Crippen molar-refractivity contribution in [3.63, 3.8) is 0 Å². The van der Waals surface area contributed by atoms with Gasteiger partial charge in [0.1, 0.15) is 6.04 Å². The van der Waals surface area contributed by atoms with Gasteiger partial charge in [-0.1, -0.05) is 40.2 Å². The summed E-state index contributed by atoms with van der Waals surface area (Å²) >= 11 is 9.33. The number of thiocarbonyl (C=S) groups is 1. The Kier molecular flexibility index (Phi) is 5.11. The highest BCUT2D eigenvalue weighted by Crippen LogP contribution is 2.42. The Morgan fingerprint density at radius 1 is 0.833 bits per heavy atom. The normalized spacial score (nSPS) is 18.4. The summed E-state index contributed by atoms with van der Waals surface area (Å²) < 4.78 is 3.28. The molecule has 0 unspecified atom stereocenters. The third-order valence-corrected chi connectivity index (χ3v) is 6.16. The molecule has 1 aliphatic rings. The highest BCUT2D eigenvalue weighted by Gasteiger charge is 2.42. The minimum Gasteiger partial charge on any atom is -0.351 e. The largest absolute Gasteiger partial charge is 0.351 e. The summed E-state index contributed by atoms with van der Waals surface area (Å²) in [4.78, 5) is 6.83. The van der Waals surface area contributed by atoms with Crippen LogP contribution in [0.1, 0.15) is 23.5 Å². The van der Waals surface area contributed by atoms with Crippen LogP contribution in [0.15, 0.2) is 102 Å². The molecule has 1 N–H and O–H groups in total. The minimum atomic E-state index is -0.0667. The number of benzene rings is 2. The maximum Gasteiger partial charge on any atom is 0.174 e. The molecule has 0 spiro atoms. The number of hydrogen-bond donors (Lipinski definition) is 1. The maximum atomic E-state index is 5.80. The van der Waals surface area contributed by atoms with E-state index in [2.05, 4.69) is 96.5 Å². The molecule has 1 aliphatic heterocycles. The Hall–Kier alpha value is -2.96. The van der Waals surface area contributed by atoms with Gasteiger partial charge in [0.2, 0.25) is 0 Å². The average Bonchev–Trinajstić information content (AvgIpc) is 3.40. The van der Waals surface area contributed by atoms with E-state index in [-0.39, 0.29) is 12.1 Å². The number of halogens is 1. The van der Waals surface area contributed by atoms with Crippen molar-refractivity contribution in [3.8, 4) is 5.69 Å². The standard InChI is InChI=1S/C24H19BrN4S/c25-17-11-13-18(14-12-17)28-16-6-10-21(28)23-22(20-9-4-5-15-26-20)27-24(30)29(23)19-7-2-1-3-8-19/h1-16,22-23H,(H,27,30)/t22-,23-/m0/s1. The molecule has 0 saturated carbocycles. The van der Waals surface area contributed by atoms with E-state index < -0.39 is 0 Å². The van der Waals surface area contributed by atoms with Gasteiger partial charge in [0.15, 0.2) is 5.11 Å². The fraction of sp³-hybridized carbons (Fsp3) is 0.0833. The van der Waals surface area contributed by atoms with Crippen LogP contribution >= 0.6 is 28.1 Å². The molecular weight excluding hydrogens is 456 g/mol. The summed E-state index contributed by atoms with van der Waals surface area (Å²) in [5, 5.41) is 4.22. The highest BCUT2D eigenvalue weighted by molar-refractivity contribution is 9.10. The van der Waals surface area contributed by atoms with Crippen molar-refractivity contribution < 1.29 is 0 Å². The predicted molar refractivity (Wildman–Crippen MR) is 128 cm³/mol. The van der Waals surface area contributed by atoms with Crippen molar-refractivity contribution in [2.45, 2.75) is 12.1 Å². The maximum absolute atomic E-state index is 5.80. The van der Waals surface area contributed by atoms with Crippen LogP contribution in [0.4, 0.5) is 5.69 Å². The predicted octanol–water partition coefficient (Wildman–Crippen LogP) is 5.81. The number of rotatable bonds is 4. The van der Waals surface area contributed by atoms with Gasteiger partial charge in [0, 0.05) is 33.9 Å². The van der Waals surface area contributed by atoms with E-state index in [1.165, 1.54) is 0 Å². The van der Waals surface area contributed by atoms with Crippen molar-refractivity contribution in [1.82, 2.24) is 14.9 Å². The molecule has 0 bridgehead atoms. The Balaban J connectivity index is 1.66. The van der Waals surface area contributed by atoms with Crippen LogP contribution in [0.25, 0.3) is 5.69 Å². The summed E-state index contributed by atoms with van der Waals surface area (Å²) in [6.45, 7) is 0. The zero-order valence-electron chi connectivity index (χ0n) is 16.0. The summed E-state index contributed by atoms with van der Waals surface area (Å²) in [5.41, 5.74) is 4.27. The Labute approximate surface area is 189 Å². The summed E-state index contributed by atoms with van der Waals surface area (Å²) in [5.74, 6) is 0. The summed E-state index contributed by atoms with van der Waals surface area (Å²) in [6, 6.07) is 28.7. The number of pyridine rings is 1. The summed E-state index contributed by atoms with van der Waals surface area (Å²) in [6.07, 6.45) is 3.93. The Morgan fingerprint density at radius 2 is 1.60 bits per heavy atom. The molecule has 30 heavy (non-hydrogen) atoms. The second-order valence-electron chi connectivity index (χ2n) is 7.11. The topological polar surface area (TPSA) is 33.1 Å². The first-order valence-electron chi connectivity index (χ1n) is 9.71. The lowest BCUT2D eigenvalue weighted by atomic mass is 10.0. The lowest BCUT2D eigenvalue weighted by Crippen LogP contribution is -2.30. The van der Waals surface area contributed by atoms with Gasteiger partial charge in [-0.25, -0.2) is 0 Å². The Morgan fingerprint density at radius 3 is 2.33 bits per heavy atom. The minimum absolute atomic E-state index is 0.0477. The number of nitrogens with one attached hydrogen (secondary N) is 1. The van der Waals surface area contributed by atoms with E-state index in [1.54, 1.807) is 0 Å². The van der Waals surface area contributed by atoms with E-state index in [9.17, 15) is 0 Å². The first-order valence-corrected chi connectivity index (χ1v) is 10.9. The van der Waals surface area contributed by atoms with Gasteiger partial charge in [-0.05, 0) is 72.9 Å². The van der Waals surface area contributed by atoms with Crippen molar-refractivity contribution >= 4 is 38.9 Å². The molecule has 3 heterocycles. The van der Waals surface area contributed by atoms with Crippen LogP contribution in [-0.2, 0) is 0 Å². The molecule has 2 atom stereocenters. The van der Waals surface area contributed by atoms with Crippen molar-refractivity contribution in [2.75, 3.05) is 4.90 Å². The van der Waals surface area contributed by atoms with Gasteiger partial charge in [-0.3, -0.25) is 4.98 Å². The molecule has 0 aliphatic carbocycles. The average molecular weight is 475 g/mol. The van der Waals surface area contributed by atoms with Gasteiger partial charge in [-0.2, -0.15) is 0 Å². The van der Waals surface area contributed by atoms with Crippen LogP contribution in [0.5, 0.6) is 0 Å². The number of nitrogens with zero attached hydrogens (tertiary/aromatic N) is 3. The number of aromatic nitrogens is 2. The second kappa shape index (κ2) is 8.05. The molecule has 1 fully saturated rings. The monoisotopic (exact) mass is 474 g/mol. The van der Waals surface area contributed by atoms with E-state index in [0.717, 1.165) is 27.2 Å². The zero-order chi connectivity index (χ0) is 20.5. The van der Waals surface area contributed by atoms with Gasteiger partial charge in [0.05, 0.1) is 11.7 Å². The smallest absolute Gasteiger partial charge is 0.174 e. The van der Waals surface area contributed by atoms with Gasteiger partial charge in [0.25, 0.3) is 0 Å². The molecule has 5 rings (SSSR count). The highest BCUT2D eigenvalue weighted by atomic mass is 79.9. The number of para-hydroxylation sites is 1. The molecule has 4 aromatic rings. The van der Waals surface area contributed by atoms with E-state index in [0.29, 0.717) is 5.11 Å². The van der Waals surface area contributed by atoms with Crippen LogP contribution in [0, 0.1) is 0 Å². The zero-order valence-corrected chi connectivity index (χ0v) is 18.4. The van der Waals surface area contributed by atoms with Gasteiger partial charge >= 0.3 is 0 Å². The van der Waals surface area contributed by atoms with Crippen LogP contribution < -0.4 is 10.2 Å². The van der Waals surface area contributed by atoms with Crippen molar-refractivity contribution in [3.05, 3.63) is 113 Å². The van der Waals surface area contributed by atoms with E-state index in [4.69, 9.17) is 12.2 Å². The third kappa shape index (κ3) is 3.42. The molecular formula is C24H19BrN4S. The number of anilines is 1. The van der Waals surface area contributed by atoms with E-state index >= 15 is 0 Å². The third-order valence-electron chi connectivity index (χ3n) is 5.32. The molecule has 148 valence electrons. The van der Waals surface area contributed by atoms with Crippen molar-refractivity contribution in [2.24, 2.45) is 0 Å². The lowest BCUT2D eigenvalue weighted by Gasteiger charge is -2.29. The van der Waals surface area contributed by atoms with Gasteiger partial charge < -0.3 is 14.8 Å². The first-order chi connectivity index (χ1) is 14.7. The molecule has 0 radical (unpaired) electrons.